The fourth-order valence-corrected chi connectivity index (χ4v) is 1.22. The number of imide groups is 1. The lowest BCUT2D eigenvalue weighted by molar-refractivity contribution is -0.125. The second-order valence-electron chi connectivity index (χ2n) is 3.07. The van der Waals surface area contributed by atoms with Crippen molar-refractivity contribution in [2.24, 2.45) is 0 Å². The molecule has 3 amide bonds. The molecule has 0 bridgehead atoms. The maximum absolute atomic E-state index is 11.2. The zero-order valence-electron chi connectivity index (χ0n) is 7.80. The van der Waals surface area contributed by atoms with Gasteiger partial charge in [0.25, 0.3) is 0 Å². The molecule has 1 aromatic heterocycles. The predicted octanol–water partition coefficient (Wildman–Crippen LogP) is -0.889. The number of nitrogens with two attached hydrogens (primary N) is 1. The summed E-state index contributed by atoms with van der Waals surface area (Å²) < 4.78 is 0. The van der Waals surface area contributed by atoms with Gasteiger partial charge in [-0.15, -0.1) is 0 Å². The minimum atomic E-state index is -0.404. The first-order valence-electron chi connectivity index (χ1n) is 4.31. The molecule has 15 heavy (non-hydrogen) atoms. The second kappa shape index (κ2) is 3.52. The molecule has 0 aliphatic carbocycles. The van der Waals surface area contributed by atoms with E-state index in [1.54, 1.807) is 0 Å². The van der Waals surface area contributed by atoms with E-state index in [9.17, 15) is 9.59 Å². The number of nitrogens with zero attached hydrogens (tertiary/aromatic N) is 3. The highest BCUT2D eigenvalue weighted by atomic mass is 16.2. The number of aromatic nitrogens is 2. The van der Waals surface area contributed by atoms with Crippen molar-refractivity contribution in [2.45, 2.75) is 6.54 Å². The number of hydrogen-bond donors (Lipinski definition) is 2. The molecule has 2 heterocycles. The van der Waals surface area contributed by atoms with Crippen LogP contribution < -0.4 is 11.1 Å². The Morgan fingerprint density at radius 3 is 2.73 bits per heavy atom. The molecule has 1 fully saturated rings. The Balaban J connectivity index is 2.11. The number of anilines is 1. The summed E-state index contributed by atoms with van der Waals surface area (Å²) in [6.07, 6.45) is 2.82. The van der Waals surface area contributed by atoms with Gasteiger partial charge in [-0.2, -0.15) is 0 Å². The van der Waals surface area contributed by atoms with Crippen LogP contribution in [0.5, 0.6) is 0 Å². The Kier molecular flexibility index (Phi) is 2.20. The van der Waals surface area contributed by atoms with E-state index >= 15 is 0 Å². The van der Waals surface area contributed by atoms with Crippen molar-refractivity contribution in [1.29, 1.82) is 0 Å². The van der Waals surface area contributed by atoms with Crippen LogP contribution in [0.4, 0.5) is 10.6 Å². The number of carbonyl (C=O) groups is 2. The normalized spacial score (nSPS) is 15.6. The van der Waals surface area contributed by atoms with Crippen molar-refractivity contribution in [3.63, 3.8) is 0 Å². The van der Waals surface area contributed by atoms with E-state index in [-0.39, 0.29) is 19.0 Å². The van der Waals surface area contributed by atoms with E-state index in [0.29, 0.717) is 11.5 Å². The first-order valence-corrected chi connectivity index (χ1v) is 4.31. The third kappa shape index (κ3) is 1.85. The number of amides is 3. The van der Waals surface area contributed by atoms with Crippen LogP contribution in [0.15, 0.2) is 12.4 Å². The quantitative estimate of drug-likeness (QED) is 0.612. The maximum atomic E-state index is 11.2. The van der Waals surface area contributed by atoms with Gasteiger partial charge in [0, 0.05) is 0 Å². The van der Waals surface area contributed by atoms with Gasteiger partial charge in [0.15, 0.2) is 0 Å². The highest BCUT2D eigenvalue weighted by Gasteiger charge is 2.28. The minimum Gasteiger partial charge on any atom is -0.382 e. The summed E-state index contributed by atoms with van der Waals surface area (Å²) in [5.74, 6) is 0.0366. The third-order valence-corrected chi connectivity index (χ3v) is 1.98. The van der Waals surface area contributed by atoms with E-state index in [1.807, 2.05) is 0 Å². The molecule has 0 aromatic carbocycles. The number of urea groups is 1. The van der Waals surface area contributed by atoms with Crippen molar-refractivity contribution >= 4 is 17.8 Å². The van der Waals surface area contributed by atoms with Crippen LogP contribution in [0.1, 0.15) is 5.69 Å². The van der Waals surface area contributed by atoms with Crippen LogP contribution in [0, 0.1) is 0 Å². The first kappa shape index (κ1) is 9.38. The predicted molar refractivity (Wildman–Crippen MR) is 50.4 cm³/mol. The Hall–Kier alpha value is -2.18. The SMILES string of the molecule is Nc1cnc(CN2C(=O)CNC2=O)cn1. The molecule has 0 spiro atoms. The number of nitrogens with one attached hydrogen (secondary N) is 1. The van der Waals surface area contributed by atoms with Gasteiger partial charge in [0.1, 0.15) is 5.82 Å². The van der Waals surface area contributed by atoms with Crippen molar-refractivity contribution in [2.75, 3.05) is 12.3 Å². The summed E-state index contributed by atoms with van der Waals surface area (Å²) in [5.41, 5.74) is 5.88. The zero-order valence-corrected chi connectivity index (χ0v) is 7.80. The average Bonchev–Trinajstić information content (AvgIpc) is 2.53. The second-order valence-corrected chi connectivity index (χ2v) is 3.07. The van der Waals surface area contributed by atoms with Crippen molar-refractivity contribution < 1.29 is 9.59 Å². The summed E-state index contributed by atoms with van der Waals surface area (Å²) in [6.45, 7) is 0.166. The largest absolute Gasteiger partial charge is 0.382 e. The van der Waals surface area contributed by atoms with Crippen LogP contribution >= 0.6 is 0 Å². The molecule has 0 radical (unpaired) electrons. The summed E-state index contributed by atoms with van der Waals surface area (Å²) in [6, 6.07) is -0.404. The molecule has 1 aliphatic heterocycles. The number of carbonyl (C=O) groups excluding carboxylic acids is 2. The summed E-state index contributed by atoms with van der Waals surface area (Å²) in [4.78, 5) is 31.3. The number of hydrogen-bond acceptors (Lipinski definition) is 5. The molecule has 7 heteroatoms. The molecule has 3 N–H and O–H groups in total. The van der Waals surface area contributed by atoms with Crippen LogP contribution in [0.3, 0.4) is 0 Å². The van der Waals surface area contributed by atoms with Gasteiger partial charge in [-0.05, 0) is 0 Å². The van der Waals surface area contributed by atoms with Gasteiger partial charge in [-0.3, -0.25) is 14.7 Å². The highest BCUT2D eigenvalue weighted by molar-refractivity contribution is 6.01. The molecule has 0 unspecified atom stereocenters. The molecular weight excluding hydrogens is 198 g/mol. The van der Waals surface area contributed by atoms with Gasteiger partial charge in [0.2, 0.25) is 5.91 Å². The van der Waals surface area contributed by atoms with E-state index in [4.69, 9.17) is 5.73 Å². The Labute approximate surface area is 85.3 Å². The molecule has 0 saturated carbocycles. The third-order valence-electron chi connectivity index (χ3n) is 1.98. The fraction of sp³-hybridized carbons (Fsp3) is 0.250. The smallest absolute Gasteiger partial charge is 0.324 e. The van der Waals surface area contributed by atoms with Crippen LogP contribution in [-0.4, -0.2) is 33.4 Å². The molecular formula is C8H9N5O2. The highest BCUT2D eigenvalue weighted by Crippen LogP contribution is 2.05. The summed E-state index contributed by atoms with van der Waals surface area (Å²) >= 11 is 0. The Bertz CT molecular complexity index is 386. The average molecular weight is 207 g/mol. The maximum Gasteiger partial charge on any atom is 0.324 e. The van der Waals surface area contributed by atoms with E-state index in [1.165, 1.54) is 12.4 Å². The molecule has 7 nitrogen and oxygen atoms in total. The molecule has 1 aromatic rings. The molecule has 0 atom stereocenters. The standard InChI is InChI=1S/C8H9N5O2/c9-6-2-10-5(1-11-6)4-13-7(14)3-12-8(13)15/h1-2H,3-4H2,(H2,9,11)(H,12,15). The van der Waals surface area contributed by atoms with Gasteiger partial charge in [0.05, 0.1) is 31.2 Å². The monoisotopic (exact) mass is 207 g/mol. The van der Waals surface area contributed by atoms with Crippen molar-refractivity contribution in [1.82, 2.24) is 20.2 Å². The Morgan fingerprint density at radius 2 is 2.20 bits per heavy atom. The van der Waals surface area contributed by atoms with E-state index < -0.39 is 6.03 Å². The molecule has 1 saturated heterocycles. The lowest BCUT2D eigenvalue weighted by Gasteiger charge is -2.10. The van der Waals surface area contributed by atoms with Gasteiger partial charge in [-0.1, -0.05) is 0 Å². The summed E-state index contributed by atoms with van der Waals surface area (Å²) in [7, 11) is 0. The van der Waals surface area contributed by atoms with Crippen LogP contribution in [0.25, 0.3) is 0 Å². The Morgan fingerprint density at radius 1 is 1.40 bits per heavy atom. The molecule has 78 valence electrons. The summed E-state index contributed by atoms with van der Waals surface area (Å²) in [5, 5.41) is 2.42. The van der Waals surface area contributed by atoms with Crippen molar-refractivity contribution in [3.8, 4) is 0 Å². The lowest BCUT2D eigenvalue weighted by atomic mass is 10.4. The lowest BCUT2D eigenvalue weighted by Crippen LogP contribution is -2.30. The van der Waals surface area contributed by atoms with E-state index in [2.05, 4.69) is 15.3 Å². The first-order chi connectivity index (χ1) is 7.16. The minimum absolute atomic E-state index is 0.0429. The number of nitrogen functional groups attached to an aromatic ring is 1. The van der Waals surface area contributed by atoms with Gasteiger partial charge >= 0.3 is 6.03 Å². The molecule has 1 aliphatic rings. The van der Waals surface area contributed by atoms with E-state index in [0.717, 1.165) is 4.90 Å². The fourth-order valence-electron chi connectivity index (χ4n) is 1.22. The van der Waals surface area contributed by atoms with Crippen LogP contribution in [0.2, 0.25) is 0 Å². The van der Waals surface area contributed by atoms with Crippen molar-refractivity contribution in [3.05, 3.63) is 18.1 Å². The number of rotatable bonds is 2. The van der Waals surface area contributed by atoms with Crippen LogP contribution in [-0.2, 0) is 11.3 Å². The molecule has 2 rings (SSSR count). The van der Waals surface area contributed by atoms with Gasteiger partial charge in [-0.25, -0.2) is 9.78 Å². The topological polar surface area (TPSA) is 101 Å². The van der Waals surface area contributed by atoms with Gasteiger partial charge < -0.3 is 11.1 Å². The zero-order chi connectivity index (χ0) is 10.8.